The predicted octanol–water partition coefficient (Wildman–Crippen LogP) is 3.06. The Hall–Kier alpha value is -2.34. The first-order valence-electron chi connectivity index (χ1n) is 8.14. The van der Waals surface area contributed by atoms with Gasteiger partial charge < -0.3 is 14.4 Å². The molecule has 7 heteroatoms. The van der Waals surface area contributed by atoms with Gasteiger partial charge >= 0.3 is 0 Å². The summed E-state index contributed by atoms with van der Waals surface area (Å²) in [7, 11) is 1.58. The molecule has 4 rings (SSSR count). The summed E-state index contributed by atoms with van der Waals surface area (Å²) < 4.78 is 11.5. The number of methoxy groups -OCH3 is 1. The van der Waals surface area contributed by atoms with Gasteiger partial charge in [-0.05, 0) is 25.1 Å². The molecule has 1 aromatic heterocycles. The molecule has 6 nitrogen and oxygen atoms in total. The van der Waals surface area contributed by atoms with Crippen LogP contribution in [0.15, 0.2) is 24.3 Å². The van der Waals surface area contributed by atoms with E-state index in [2.05, 4.69) is 14.9 Å². The highest BCUT2D eigenvalue weighted by atomic mass is 35.5. The molecule has 25 heavy (non-hydrogen) atoms. The predicted molar refractivity (Wildman–Crippen MR) is 93.9 cm³/mol. The molecule has 3 heterocycles. The Balaban J connectivity index is 1.61. The van der Waals surface area contributed by atoms with Crippen LogP contribution in [-0.4, -0.2) is 41.6 Å². The van der Waals surface area contributed by atoms with Gasteiger partial charge in [-0.25, -0.2) is 9.97 Å². The van der Waals surface area contributed by atoms with Gasteiger partial charge in [-0.1, -0.05) is 11.6 Å². The van der Waals surface area contributed by atoms with Gasteiger partial charge in [0, 0.05) is 19.0 Å². The van der Waals surface area contributed by atoms with Crippen LogP contribution in [0, 0.1) is 6.92 Å². The van der Waals surface area contributed by atoms with Crippen molar-refractivity contribution in [2.24, 2.45) is 0 Å². The number of rotatable bonds is 2. The zero-order valence-corrected chi connectivity index (χ0v) is 14.8. The third-order valence-electron chi connectivity index (χ3n) is 4.73. The zero-order valence-electron chi connectivity index (χ0n) is 14.1. The normalized spacial score (nSPS) is 22.0. The Labute approximate surface area is 150 Å². The molecule has 0 bridgehead atoms. The molecule has 2 aliphatic heterocycles. The summed E-state index contributed by atoms with van der Waals surface area (Å²) in [5.41, 5.74) is 0.0636. The monoisotopic (exact) mass is 359 g/mol. The van der Waals surface area contributed by atoms with Gasteiger partial charge in [-0.3, -0.25) is 4.79 Å². The summed E-state index contributed by atoms with van der Waals surface area (Å²) in [4.78, 5) is 23.3. The lowest BCUT2D eigenvalue weighted by molar-refractivity contribution is 0.0537. The van der Waals surface area contributed by atoms with Gasteiger partial charge in [0.2, 0.25) is 0 Å². The summed E-state index contributed by atoms with van der Waals surface area (Å²) in [6.45, 7) is 3.16. The van der Waals surface area contributed by atoms with Gasteiger partial charge in [-0.15, -0.1) is 0 Å². The Morgan fingerprint density at radius 2 is 2.16 bits per heavy atom. The molecule has 0 N–H and O–H groups in total. The quantitative estimate of drug-likeness (QED) is 0.768. The number of benzene rings is 1. The minimum absolute atomic E-state index is 0.0823. The molecule has 1 atom stereocenters. The van der Waals surface area contributed by atoms with Crippen LogP contribution in [0.5, 0.6) is 11.5 Å². The topological polar surface area (TPSA) is 64.5 Å². The Morgan fingerprint density at radius 3 is 2.92 bits per heavy atom. The van der Waals surface area contributed by atoms with Crippen molar-refractivity contribution in [2.45, 2.75) is 25.4 Å². The third kappa shape index (κ3) is 2.91. The molecule has 0 radical (unpaired) electrons. The van der Waals surface area contributed by atoms with Gasteiger partial charge in [-0.2, -0.15) is 0 Å². The molecule has 0 amide bonds. The maximum absolute atomic E-state index is 12.7. The van der Waals surface area contributed by atoms with Crippen molar-refractivity contribution in [2.75, 3.05) is 25.1 Å². The maximum atomic E-state index is 12.7. The number of aryl methyl sites for hydroxylation is 1. The molecule has 1 aromatic carbocycles. The van der Waals surface area contributed by atoms with E-state index in [1.54, 1.807) is 25.3 Å². The number of aromatic nitrogens is 2. The van der Waals surface area contributed by atoms with Crippen molar-refractivity contribution in [1.82, 2.24) is 9.97 Å². The molecular weight excluding hydrogens is 342 g/mol. The summed E-state index contributed by atoms with van der Waals surface area (Å²) in [6, 6.07) is 7.11. The van der Waals surface area contributed by atoms with E-state index in [1.165, 1.54) is 0 Å². The number of anilines is 1. The number of carbonyl (C=O) groups is 1. The molecule has 0 saturated carbocycles. The number of halogens is 1. The SMILES string of the molecule is COc1ccc2c(c1)C(=O)CC1(CCN(c3cc(Cl)nc(C)n3)C1)O2. The van der Waals surface area contributed by atoms with E-state index < -0.39 is 5.60 Å². The number of hydrogen-bond acceptors (Lipinski definition) is 6. The van der Waals surface area contributed by atoms with Crippen molar-refractivity contribution >= 4 is 23.2 Å². The first kappa shape index (κ1) is 16.1. The lowest BCUT2D eigenvalue weighted by Crippen LogP contribution is -2.44. The van der Waals surface area contributed by atoms with Gasteiger partial charge in [0.15, 0.2) is 5.78 Å². The van der Waals surface area contributed by atoms with Crippen LogP contribution >= 0.6 is 11.6 Å². The summed E-state index contributed by atoms with van der Waals surface area (Å²) in [5, 5.41) is 0.418. The highest BCUT2D eigenvalue weighted by molar-refractivity contribution is 6.29. The number of nitrogens with zero attached hydrogens (tertiary/aromatic N) is 3. The van der Waals surface area contributed by atoms with E-state index in [0.717, 1.165) is 18.8 Å². The van der Waals surface area contributed by atoms with E-state index in [0.29, 0.717) is 41.0 Å². The van der Waals surface area contributed by atoms with Crippen molar-refractivity contribution < 1.29 is 14.3 Å². The minimum atomic E-state index is -0.524. The fraction of sp³-hybridized carbons (Fsp3) is 0.389. The molecule has 2 aromatic rings. The second kappa shape index (κ2) is 5.88. The smallest absolute Gasteiger partial charge is 0.170 e. The van der Waals surface area contributed by atoms with Crippen molar-refractivity contribution in [1.29, 1.82) is 0 Å². The fourth-order valence-corrected chi connectivity index (χ4v) is 3.77. The van der Waals surface area contributed by atoms with Crippen LogP contribution < -0.4 is 14.4 Å². The standard InChI is InChI=1S/C18H18ClN3O3/c1-11-20-16(19)8-17(21-11)22-6-5-18(10-22)9-14(23)13-7-12(24-2)3-4-15(13)25-18/h3-4,7-8H,5-6,9-10H2,1-2H3. The Bertz CT molecular complexity index is 837. The van der Waals surface area contributed by atoms with Gasteiger partial charge in [0.25, 0.3) is 0 Å². The number of fused-ring (bicyclic) bond motifs is 1. The van der Waals surface area contributed by atoms with Crippen LogP contribution in [0.3, 0.4) is 0 Å². The number of Topliss-reactive ketones (excluding diaryl/α,β-unsaturated/α-hetero) is 1. The van der Waals surface area contributed by atoms with Gasteiger partial charge in [0.1, 0.15) is 33.9 Å². The van der Waals surface area contributed by atoms with Crippen molar-refractivity contribution in [3.8, 4) is 11.5 Å². The summed E-state index contributed by atoms with van der Waals surface area (Å²) in [5.74, 6) is 2.76. The zero-order chi connectivity index (χ0) is 17.6. The molecule has 1 fully saturated rings. The van der Waals surface area contributed by atoms with E-state index in [9.17, 15) is 4.79 Å². The molecule has 1 saturated heterocycles. The number of ether oxygens (including phenoxy) is 2. The Morgan fingerprint density at radius 1 is 1.32 bits per heavy atom. The number of hydrogen-bond donors (Lipinski definition) is 0. The average molecular weight is 360 g/mol. The van der Waals surface area contributed by atoms with E-state index in [-0.39, 0.29) is 5.78 Å². The minimum Gasteiger partial charge on any atom is -0.497 e. The second-order valence-electron chi connectivity index (χ2n) is 6.51. The molecule has 2 aliphatic rings. The van der Waals surface area contributed by atoms with E-state index in [1.807, 2.05) is 13.0 Å². The van der Waals surface area contributed by atoms with Crippen molar-refractivity contribution in [3.05, 3.63) is 40.8 Å². The maximum Gasteiger partial charge on any atom is 0.170 e. The van der Waals surface area contributed by atoms with Crippen LogP contribution in [0.2, 0.25) is 5.15 Å². The molecule has 1 spiro atoms. The molecular formula is C18H18ClN3O3. The molecule has 1 unspecified atom stereocenters. The van der Waals surface area contributed by atoms with Crippen LogP contribution in [-0.2, 0) is 0 Å². The second-order valence-corrected chi connectivity index (χ2v) is 6.90. The van der Waals surface area contributed by atoms with E-state index in [4.69, 9.17) is 21.1 Å². The highest BCUT2D eigenvalue weighted by Gasteiger charge is 2.46. The van der Waals surface area contributed by atoms with Crippen LogP contribution in [0.1, 0.15) is 29.0 Å². The van der Waals surface area contributed by atoms with E-state index >= 15 is 0 Å². The summed E-state index contributed by atoms with van der Waals surface area (Å²) >= 11 is 6.05. The molecule has 0 aliphatic carbocycles. The van der Waals surface area contributed by atoms with Gasteiger partial charge in [0.05, 0.1) is 25.6 Å². The Kier molecular flexibility index (Phi) is 3.80. The number of carbonyl (C=O) groups excluding carboxylic acids is 1. The highest BCUT2D eigenvalue weighted by Crippen LogP contribution is 2.40. The third-order valence-corrected chi connectivity index (χ3v) is 4.92. The first-order chi connectivity index (χ1) is 12.0. The lowest BCUT2D eigenvalue weighted by Gasteiger charge is -2.34. The number of ketones is 1. The average Bonchev–Trinajstić information content (AvgIpc) is 2.97. The van der Waals surface area contributed by atoms with Crippen LogP contribution in [0.25, 0.3) is 0 Å². The fourth-order valence-electron chi connectivity index (χ4n) is 3.55. The largest absolute Gasteiger partial charge is 0.497 e. The summed E-state index contributed by atoms with van der Waals surface area (Å²) in [6.07, 6.45) is 1.10. The van der Waals surface area contributed by atoms with Crippen molar-refractivity contribution in [3.63, 3.8) is 0 Å². The first-order valence-corrected chi connectivity index (χ1v) is 8.52. The van der Waals surface area contributed by atoms with Crippen LogP contribution in [0.4, 0.5) is 5.82 Å². The molecule has 130 valence electrons. The lowest BCUT2D eigenvalue weighted by atomic mass is 9.89.